The van der Waals surface area contributed by atoms with Crippen LogP contribution >= 0.6 is 0 Å². The standard InChI is InChI=1S/C13H19N/c1-11(2)9-10-14-12(3)13-7-5-4-6-8-13/h4-8,12,14H,1,9-10H2,2-3H3/t12-/m1/s1. The van der Waals surface area contributed by atoms with Gasteiger partial charge in [0.25, 0.3) is 0 Å². The highest BCUT2D eigenvalue weighted by Crippen LogP contribution is 2.10. The molecule has 1 rings (SSSR count). The second kappa shape index (κ2) is 5.61. The molecule has 0 heterocycles. The predicted octanol–water partition coefficient (Wildman–Crippen LogP) is 3.30. The molecule has 0 aliphatic carbocycles. The topological polar surface area (TPSA) is 12.0 Å². The number of nitrogens with one attached hydrogen (secondary N) is 1. The molecule has 1 atom stereocenters. The van der Waals surface area contributed by atoms with Crippen molar-refractivity contribution in [1.82, 2.24) is 5.32 Å². The Morgan fingerprint density at radius 3 is 2.57 bits per heavy atom. The van der Waals surface area contributed by atoms with Crippen LogP contribution in [0, 0.1) is 0 Å². The lowest BCUT2D eigenvalue weighted by Gasteiger charge is -2.13. The van der Waals surface area contributed by atoms with Crippen LogP contribution in [0.25, 0.3) is 0 Å². The third kappa shape index (κ3) is 3.75. The monoisotopic (exact) mass is 189 g/mol. The minimum Gasteiger partial charge on any atom is -0.310 e. The van der Waals surface area contributed by atoms with E-state index >= 15 is 0 Å². The highest BCUT2D eigenvalue weighted by atomic mass is 14.9. The number of hydrogen-bond acceptors (Lipinski definition) is 1. The van der Waals surface area contributed by atoms with Gasteiger partial charge in [-0.1, -0.05) is 35.9 Å². The van der Waals surface area contributed by atoms with Crippen LogP contribution in [0.15, 0.2) is 42.5 Å². The van der Waals surface area contributed by atoms with Crippen molar-refractivity contribution in [2.24, 2.45) is 0 Å². The third-order valence-electron chi connectivity index (χ3n) is 2.30. The van der Waals surface area contributed by atoms with Crippen molar-refractivity contribution >= 4 is 0 Å². The smallest absolute Gasteiger partial charge is 0.0291 e. The maximum absolute atomic E-state index is 3.88. The Balaban J connectivity index is 2.36. The Morgan fingerprint density at radius 2 is 2.00 bits per heavy atom. The van der Waals surface area contributed by atoms with Crippen LogP contribution in [-0.2, 0) is 0 Å². The van der Waals surface area contributed by atoms with Crippen molar-refractivity contribution in [2.45, 2.75) is 26.3 Å². The molecule has 0 radical (unpaired) electrons. The molecule has 1 nitrogen and oxygen atoms in total. The van der Waals surface area contributed by atoms with E-state index in [1.165, 1.54) is 11.1 Å². The van der Waals surface area contributed by atoms with E-state index in [0.29, 0.717) is 6.04 Å². The summed E-state index contributed by atoms with van der Waals surface area (Å²) in [6, 6.07) is 10.9. The molecular weight excluding hydrogens is 170 g/mol. The molecule has 0 fully saturated rings. The molecule has 0 spiro atoms. The van der Waals surface area contributed by atoms with Crippen LogP contribution in [0.5, 0.6) is 0 Å². The highest BCUT2D eigenvalue weighted by Gasteiger charge is 2.02. The van der Waals surface area contributed by atoms with E-state index in [-0.39, 0.29) is 0 Å². The summed E-state index contributed by atoms with van der Waals surface area (Å²) in [6.45, 7) is 9.14. The largest absolute Gasteiger partial charge is 0.310 e. The van der Waals surface area contributed by atoms with Gasteiger partial charge in [0, 0.05) is 6.04 Å². The van der Waals surface area contributed by atoms with Gasteiger partial charge in [-0.2, -0.15) is 0 Å². The Bertz CT molecular complexity index is 277. The molecule has 14 heavy (non-hydrogen) atoms. The van der Waals surface area contributed by atoms with Crippen LogP contribution in [0.2, 0.25) is 0 Å². The van der Waals surface area contributed by atoms with Crippen molar-refractivity contribution in [3.8, 4) is 0 Å². The quantitative estimate of drug-likeness (QED) is 0.701. The molecule has 0 aliphatic rings. The molecule has 76 valence electrons. The zero-order chi connectivity index (χ0) is 10.4. The zero-order valence-corrected chi connectivity index (χ0v) is 9.09. The fourth-order valence-electron chi connectivity index (χ4n) is 1.36. The average molecular weight is 189 g/mol. The first-order chi connectivity index (χ1) is 6.70. The van der Waals surface area contributed by atoms with Crippen molar-refractivity contribution in [2.75, 3.05) is 6.54 Å². The van der Waals surface area contributed by atoms with Gasteiger partial charge in [-0.15, -0.1) is 6.58 Å². The summed E-state index contributed by atoms with van der Waals surface area (Å²) in [5.74, 6) is 0. The molecule has 1 N–H and O–H groups in total. The van der Waals surface area contributed by atoms with E-state index in [9.17, 15) is 0 Å². The SMILES string of the molecule is C=C(C)CCN[C@H](C)c1ccccc1. The first-order valence-electron chi connectivity index (χ1n) is 5.13. The Morgan fingerprint density at radius 1 is 1.36 bits per heavy atom. The second-order valence-electron chi connectivity index (χ2n) is 3.79. The van der Waals surface area contributed by atoms with Crippen LogP contribution in [-0.4, -0.2) is 6.54 Å². The van der Waals surface area contributed by atoms with Crippen LogP contribution in [0.1, 0.15) is 31.9 Å². The third-order valence-corrected chi connectivity index (χ3v) is 2.30. The van der Waals surface area contributed by atoms with Gasteiger partial charge in [0.2, 0.25) is 0 Å². The van der Waals surface area contributed by atoms with E-state index in [1.54, 1.807) is 0 Å². The Labute approximate surface area is 86.8 Å². The number of rotatable bonds is 5. The predicted molar refractivity (Wildman–Crippen MR) is 62.3 cm³/mol. The first-order valence-corrected chi connectivity index (χ1v) is 5.13. The van der Waals surface area contributed by atoms with Crippen molar-refractivity contribution in [1.29, 1.82) is 0 Å². The molecular formula is C13H19N. The number of benzene rings is 1. The molecule has 0 aliphatic heterocycles. The van der Waals surface area contributed by atoms with Gasteiger partial charge < -0.3 is 5.32 Å². The van der Waals surface area contributed by atoms with Gasteiger partial charge in [-0.3, -0.25) is 0 Å². The van der Waals surface area contributed by atoms with E-state index in [4.69, 9.17) is 0 Å². The Kier molecular flexibility index (Phi) is 4.41. The van der Waals surface area contributed by atoms with Gasteiger partial charge in [-0.05, 0) is 32.4 Å². The average Bonchev–Trinajstić information content (AvgIpc) is 2.18. The summed E-state index contributed by atoms with van der Waals surface area (Å²) in [5.41, 5.74) is 2.58. The summed E-state index contributed by atoms with van der Waals surface area (Å²) < 4.78 is 0. The normalized spacial score (nSPS) is 12.4. The van der Waals surface area contributed by atoms with Crippen LogP contribution < -0.4 is 5.32 Å². The molecule has 1 heteroatoms. The van der Waals surface area contributed by atoms with Crippen LogP contribution in [0.4, 0.5) is 0 Å². The molecule has 1 aromatic carbocycles. The van der Waals surface area contributed by atoms with Gasteiger partial charge in [0.1, 0.15) is 0 Å². The minimum atomic E-state index is 0.426. The number of hydrogen-bond donors (Lipinski definition) is 1. The Hall–Kier alpha value is -1.08. The van der Waals surface area contributed by atoms with Crippen molar-refractivity contribution in [3.05, 3.63) is 48.0 Å². The highest BCUT2D eigenvalue weighted by molar-refractivity contribution is 5.17. The molecule has 0 saturated carbocycles. The summed E-state index contributed by atoms with van der Waals surface area (Å²) in [5, 5.41) is 3.47. The molecule has 0 saturated heterocycles. The summed E-state index contributed by atoms with van der Waals surface area (Å²) in [6.07, 6.45) is 1.05. The second-order valence-corrected chi connectivity index (χ2v) is 3.79. The van der Waals surface area contributed by atoms with E-state index in [1.807, 2.05) is 6.07 Å². The molecule has 0 unspecified atom stereocenters. The molecule has 0 bridgehead atoms. The van der Waals surface area contributed by atoms with E-state index in [0.717, 1.165) is 13.0 Å². The maximum atomic E-state index is 3.88. The lowest BCUT2D eigenvalue weighted by atomic mass is 10.1. The molecule has 1 aromatic rings. The van der Waals surface area contributed by atoms with Gasteiger partial charge in [0.15, 0.2) is 0 Å². The summed E-state index contributed by atoms with van der Waals surface area (Å²) in [4.78, 5) is 0. The van der Waals surface area contributed by atoms with Crippen molar-refractivity contribution < 1.29 is 0 Å². The minimum absolute atomic E-state index is 0.426. The fourth-order valence-corrected chi connectivity index (χ4v) is 1.36. The fraction of sp³-hybridized carbons (Fsp3) is 0.385. The lowest BCUT2D eigenvalue weighted by Crippen LogP contribution is -2.19. The molecule has 0 amide bonds. The van der Waals surface area contributed by atoms with Gasteiger partial charge >= 0.3 is 0 Å². The molecule has 0 aromatic heterocycles. The van der Waals surface area contributed by atoms with E-state index in [2.05, 4.69) is 50.0 Å². The van der Waals surface area contributed by atoms with Crippen LogP contribution in [0.3, 0.4) is 0 Å². The summed E-state index contributed by atoms with van der Waals surface area (Å²) in [7, 11) is 0. The van der Waals surface area contributed by atoms with E-state index < -0.39 is 0 Å². The lowest BCUT2D eigenvalue weighted by molar-refractivity contribution is 0.576. The first kappa shape index (κ1) is 11.0. The maximum Gasteiger partial charge on any atom is 0.0291 e. The zero-order valence-electron chi connectivity index (χ0n) is 9.09. The van der Waals surface area contributed by atoms with Gasteiger partial charge in [0.05, 0.1) is 0 Å². The van der Waals surface area contributed by atoms with Gasteiger partial charge in [-0.25, -0.2) is 0 Å². The summed E-state index contributed by atoms with van der Waals surface area (Å²) >= 11 is 0. The van der Waals surface area contributed by atoms with Crippen molar-refractivity contribution in [3.63, 3.8) is 0 Å².